The molecule has 0 spiro atoms. The fourth-order valence-corrected chi connectivity index (χ4v) is 4.77. The summed E-state index contributed by atoms with van der Waals surface area (Å²) in [5.41, 5.74) is 3.28. The van der Waals surface area contributed by atoms with Crippen molar-refractivity contribution < 1.29 is 23.7 Å². The Morgan fingerprint density at radius 1 is 0.618 bits per heavy atom. The van der Waals surface area contributed by atoms with Crippen LogP contribution < -0.4 is 0 Å². The Kier molecular flexibility index (Phi) is 9.91. The number of halogens is 1. The minimum atomic E-state index is -0.555. The fourth-order valence-electron chi connectivity index (χ4n) is 4.06. The van der Waals surface area contributed by atoms with Crippen molar-refractivity contribution in [3.05, 3.63) is 108 Å². The van der Waals surface area contributed by atoms with E-state index in [2.05, 4.69) is 46.9 Å². The van der Waals surface area contributed by atoms with Gasteiger partial charge in [-0.2, -0.15) is 0 Å². The Hall–Kier alpha value is -1.81. The lowest BCUT2D eigenvalue weighted by molar-refractivity contribution is -0.313. The van der Waals surface area contributed by atoms with Gasteiger partial charge in [0.1, 0.15) is 18.3 Å². The lowest BCUT2D eigenvalue weighted by Crippen LogP contribution is -2.61. The fraction of sp³-hybridized carbons (Fsp3) is 0.357. The predicted octanol–water partition coefficient (Wildman–Crippen LogP) is 5.55. The molecule has 1 heterocycles. The molecule has 1 aliphatic rings. The molecule has 1 fully saturated rings. The maximum atomic E-state index is 6.52. The van der Waals surface area contributed by atoms with E-state index in [1.165, 1.54) is 0 Å². The summed E-state index contributed by atoms with van der Waals surface area (Å²) in [6.45, 7) is 1.35. The Balaban J connectivity index is 1.56. The molecule has 0 amide bonds. The molecular weight excluding hydrogens is 543 g/mol. The number of hydrogen-bond acceptors (Lipinski definition) is 5. The minimum absolute atomic E-state index is 0.188. The highest BCUT2D eigenvalue weighted by molar-refractivity contribution is 14.1. The summed E-state index contributed by atoms with van der Waals surface area (Å²) in [7, 11) is 1.65. The summed E-state index contributed by atoms with van der Waals surface area (Å²) in [5, 5.41) is 0. The van der Waals surface area contributed by atoms with Crippen LogP contribution in [0.15, 0.2) is 91.0 Å². The van der Waals surface area contributed by atoms with Crippen molar-refractivity contribution in [3.63, 3.8) is 0 Å². The molecular formula is C28H31IO5. The molecule has 0 N–H and O–H groups in total. The van der Waals surface area contributed by atoms with E-state index in [0.717, 1.165) is 21.1 Å². The van der Waals surface area contributed by atoms with Crippen LogP contribution in [0.4, 0.5) is 0 Å². The van der Waals surface area contributed by atoms with Crippen LogP contribution in [0.5, 0.6) is 0 Å². The lowest BCUT2D eigenvalue weighted by Gasteiger charge is -2.45. The third-order valence-corrected chi connectivity index (χ3v) is 6.70. The van der Waals surface area contributed by atoms with Gasteiger partial charge in [0, 0.05) is 11.5 Å². The maximum absolute atomic E-state index is 6.52. The zero-order chi connectivity index (χ0) is 23.6. The first-order valence-electron chi connectivity index (χ1n) is 11.5. The summed E-state index contributed by atoms with van der Waals surface area (Å²) in [6, 6.07) is 30.4. The topological polar surface area (TPSA) is 46.2 Å². The van der Waals surface area contributed by atoms with Crippen molar-refractivity contribution in [1.29, 1.82) is 0 Å². The van der Waals surface area contributed by atoms with Crippen LogP contribution in [-0.2, 0) is 43.5 Å². The Morgan fingerprint density at radius 2 is 1.03 bits per heavy atom. The second kappa shape index (κ2) is 13.3. The molecule has 1 aliphatic heterocycles. The van der Waals surface area contributed by atoms with Crippen molar-refractivity contribution >= 4 is 22.6 Å². The first kappa shape index (κ1) is 25.3. The number of ether oxygens (including phenoxy) is 5. The highest BCUT2D eigenvalue weighted by atomic mass is 127. The van der Waals surface area contributed by atoms with E-state index in [1.807, 2.05) is 66.7 Å². The molecule has 3 aromatic rings. The smallest absolute Gasteiger partial charge is 0.186 e. The van der Waals surface area contributed by atoms with Crippen LogP contribution in [0.3, 0.4) is 0 Å². The number of alkyl halides is 1. The van der Waals surface area contributed by atoms with Crippen LogP contribution >= 0.6 is 22.6 Å². The molecule has 180 valence electrons. The van der Waals surface area contributed by atoms with Gasteiger partial charge in [-0.1, -0.05) is 114 Å². The van der Waals surface area contributed by atoms with E-state index in [1.54, 1.807) is 7.11 Å². The third-order valence-electron chi connectivity index (χ3n) is 5.83. The number of methoxy groups -OCH3 is 1. The summed E-state index contributed by atoms with van der Waals surface area (Å²) in [6.07, 6.45) is -1.87. The van der Waals surface area contributed by atoms with Crippen LogP contribution in [-0.4, -0.2) is 42.2 Å². The van der Waals surface area contributed by atoms with E-state index < -0.39 is 12.4 Å². The molecule has 5 nitrogen and oxygen atoms in total. The predicted molar refractivity (Wildman–Crippen MR) is 140 cm³/mol. The Labute approximate surface area is 215 Å². The SMILES string of the molecule is CO[C@H]1O[C@H](CI)[C@@H](OCc2ccccc2)[C@@H](OCc2ccccc2)[C@H]1OCc1ccccc1. The molecule has 0 unspecified atom stereocenters. The third kappa shape index (κ3) is 6.87. The molecule has 6 heteroatoms. The zero-order valence-corrected chi connectivity index (χ0v) is 21.5. The van der Waals surface area contributed by atoms with Crippen molar-refractivity contribution in [2.75, 3.05) is 11.5 Å². The number of benzene rings is 3. The van der Waals surface area contributed by atoms with E-state index in [-0.39, 0.29) is 18.3 Å². The van der Waals surface area contributed by atoms with Crippen molar-refractivity contribution in [3.8, 4) is 0 Å². The van der Waals surface area contributed by atoms with E-state index in [0.29, 0.717) is 19.8 Å². The van der Waals surface area contributed by atoms with Crippen molar-refractivity contribution in [2.24, 2.45) is 0 Å². The molecule has 4 rings (SSSR count). The molecule has 0 aromatic heterocycles. The first-order valence-corrected chi connectivity index (χ1v) is 13.0. The van der Waals surface area contributed by atoms with Gasteiger partial charge >= 0.3 is 0 Å². The monoisotopic (exact) mass is 574 g/mol. The van der Waals surface area contributed by atoms with Gasteiger partial charge < -0.3 is 23.7 Å². The number of rotatable bonds is 11. The average Bonchev–Trinajstić information content (AvgIpc) is 2.91. The van der Waals surface area contributed by atoms with Gasteiger partial charge in [0.25, 0.3) is 0 Å². The van der Waals surface area contributed by atoms with Crippen LogP contribution in [0.1, 0.15) is 16.7 Å². The molecule has 34 heavy (non-hydrogen) atoms. The van der Waals surface area contributed by atoms with Gasteiger partial charge in [-0.15, -0.1) is 0 Å². The standard InChI is InChI=1S/C28H31IO5/c1-30-28-27(33-20-23-15-9-4-10-16-23)26(32-19-22-13-7-3-8-14-22)25(24(17-29)34-28)31-18-21-11-5-2-6-12-21/h2-16,24-28H,17-20H2,1H3/t24-,25-,26-,27-,28+/m1/s1. The lowest BCUT2D eigenvalue weighted by atomic mass is 9.98. The van der Waals surface area contributed by atoms with E-state index >= 15 is 0 Å². The molecule has 1 saturated heterocycles. The summed E-state index contributed by atoms with van der Waals surface area (Å²) < 4.78 is 32.2. The largest absolute Gasteiger partial charge is 0.368 e. The van der Waals surface area contributed by atoms with Crippen LogP contribution in [0, 0.1) is 0 Å². The van der Waals surface area contributed by atoms with Gasteiger partial charge in [0.05, 0.1) is 25.9 Å². The van der Waals surface area contributed by atoms with Crippen LogP contribution in [0.2, 0.25) is 0 Å². The second-order valence-electron chi connectivity index (χ2n) is 8.22. The molecule has 0 bridgehead atoms. The molecule has 0 saturated carbocycles. The molecule has 0 aliphatic carbocycles. The Morgan fingerprint density at radius 3 is 1.44 bits per heavy atom. The maximum Gasteiger partial charge on any atom is 0.186 e. The van der Waals surface area contributed by atoms with Gasteiger partial charge in [-0.3, -0.25) is 0 Å². The van der Waals surface area contributed by atoms with Crippen molar-refractivity contribution in [2.45, 2.75) is 50.5 Å². The highest BCUT2D eigenvalue weighted by Crippen LogP contribution is 2.31. The normalized spacial score (nSPS) is 24.7. The molecule has 0 radical (unpaired) electrons. The minimum Gasteiger partial charge on any atom is -0.368 e. The highest BCUT2D eigenvalue weighted by Gasteiger charge is 2.48. The average molecular weight is 574 g/mol. The van der Waals surface area contributed by atoms with E-state index in [4.69, 9.17) is 23.7 Å². The molecule has 5 atom stereocenters. The first-order chi connectivity index (χ1) is 16.8. The molecule has 3 aromatic carbocycles. The Bertz CT molecular complexity index is 899. The van der Waals surface area contributed by atoms with Crippen LogP contribution in [0.25, 0.3) is 0 Å². The summed E-state index contributed by atoms with van der Waals surface area (Å²) in [4.78, 5) is 0. The van der Waals surface area contributed by atoms with Gasteiger partial charge in [-0.05, 0) is 16.7 Å². The van der Waals surface area contributed by atoms with E-state index in [9.17, 15) is 0 Å². The number of hydrogen-bond donors (Lipinski definition) is 0. The zero-order valence-electron chi connectivity index (χ0n) is 19.3. The second-order valence-corrected chi connectivity index (χ2v) is 9.10. The van der Waals surface area contributed by atoms with Gasteiger partial charge in [0.15, 0.2) is 6.29 Å². The summed E-state index contributed by atoms with van der Waals surface area (Å²) in [5.74, 6) is 0. The van der Waals surface area contributed by atoms with Gasteiger partial charge in [-0.25, -0.2) is 0 Å². The van der Waals surface area contributed by atoms with Gasteiger partial charge in [0.2, 0.25) is 0 Å². The summed E-state index contributed by atoms with van der Waals surface area (Å²) >= 11 is 2.33. The van der Waals surface area contributed by atoms with Crippen molar-refractivity contribution in [1.82, 2.24) is 0 Å². The quantitative estimate of drug-likeness (QED) is 0.222.